The number of thioether (sulfide) groups is 1. The van der Waals surface area contributed by atoms with Crippen LogP contribution in [0.2, 0.25) is 0 Å². The fourth-order valence-electron chi connectivity index (χ4n) is 3.91. The van der Waals surface area contributed by atoms with Gasteiger partial charge in [0.25, 0.3) is 11.8 Å². The summed E-state index contributed by atoms with van der Waals surface area (Å²) in [6, 6.07) is 31.2. The summed E-state index contributed by atoms with van der Waals surface area (Å²) >= 11 is 1.37. The fourth-order valence-corrected chi connectivity index (χ4v) is 4.67. The Balaban J connectivity index is 1.43. The van der Waals surface area contributed by atoms with E-state index < -0.39 is 5.91 Å². The van der Waals surface area contributed by atoms with Crippen LogP contribution in [0, 0.1) is 13.8 Å². The molecule has 0 aliphatic rings. The minimum Gasteiger partial charge on any atom is -0.325 e. The Morgan fingerprint density at radius 2 is 1.38 bits per heavy atom. The lowest BCUT2D eigenvalue weighted by Crippen LogP contribution is -2.30. The number of carbonyl (C=O) groups is 3. The van der Waals surface area contributed by atoms with E-state index in [4.69, 9.17) is 0 Å². The Hall–Kier alpha value is -4.62. The largest absolute Gasteiger partial charge is 0.325 e. The smallest absolute Gasteiger partial charge is 0.272 e. The Kier molecular flexibility index (Phi) is 9.32. The maximum atomic E-state index is 13.3. The first-order chi connectivity index (χ1) is 18.9. The van der Waals surface area contributed by atoms with Crippen LogP contribution in [0.4, 0.5) is 11.4 Å². The van der Waals surface area contributed by atoms with Crippen molar-refractivity contribution in [3.05, 3.63) is 131 Å². The minimum atomic E-state index is -0.460. The normalized spacial score (nSPS) is 11.0. The predicted molar refractivity (Wildman–Crippen MR) is 159 cm³/mol. The van der Waals surface area contributed by atoms with Gasteiger partial charge < -0.3 is 16.0 Å². The third-order valence-corrected chi connectivity index (χ3v) is 6.60. The molecular weight excluding hydrogens is 506 g/mol. The van der Waals surface area contributed by atoms with Crippen molar-refractivity contribution in [3.63, 3.8) is 0 Å². The van der Waals surface area contributed by atoms with Gasteiger partial charge in [-0.3, -0.25) is 14.4 Å². The molecule has 4 rings (SSSR count). The quantitative estimate of drug-likeness (QED) is 0.170. The van der Waals surface area contributed by atoms with E-state index in [1.807, 2.05) is 74.5 Å². The van der Waals surface area contributed by atoms with E-state index in [0.717, 1.165) is 27.3 Å². The molecule has 0 spiro atoms. The first-order valence-corrected chi connectivity index (χ1v) is 13.4. The first kappa shape index (κ1) is 27.4. The monoisotopic (exact) mass is 535 g/mol. The van der Waals surface area contributed by atoms with Crippen LogP contribution in [0.3, 0.4) is 0 Å². The van der Waals surface area contributed by atoms with Crippen molar-refractivity contribution < 1.29 is 14.4 Å². The summed E-state index contributed by atoms with van der Waals surface area (Å²) in [7, 11) is 0. The first-order valence-electron chi connectivity index (χ1n) is 12.4. The molecule has 3 N–H and O–H groups in total. The summed E-state index contributed by atoms with van der Waals surface area (Å²) in [6.45, 7) is 3.98. The molecule has 0 unspecified atom stereocenters. The van der Waals surface area contributed by atoms with Crippen LogP contribution in [-0.2, 0) is 9.59 Å². The van der Waals surface area contributed by atoms with Crippen molar-refractivity contribution in [2.75, 3.05) is 16.4 Å². The zero-order chi connectivity index (χ0) is 27.6. The van der Waals surface area contributed by atoms with Crippen molar-refractivity contribution in [1.82, 2.24) is 5.32 Å². The van der Waals surface area contributed by atoms with E-state index in [1.165, 1.54) is 11.8 Å². The molecule has 7 heteroatoms. The van der Waals surface area contributed by atoms with Gasteiger partial charge in [-0.1, -0.05) is 60.7 Å². The third-order valence-electron chi connectivity index (χ3n) is 5.61. The maximum absolute atomic E-state index is 13.3. The molecule has 0 aliphatic heterocycles. The van der Waals surface area contributed by atoms with E-state index in [1.54, 1.807) is 42.5 Å². The Morgan fingerprint density at radius 3 is 2.08 bits per heavy atom. The number of hydrogen-bond acceptors (Lipinski definition) is 4. The van der Waals surface area contributed by atoms with Gasteiger partial charge in [0.1, 0.15) is 5.70 Å². The van der Waals surface area contributed by atoms with E-state index in [2.05, 4.69) is 22.0 Å². The number of benzene rings is 4. The topological polar surface area (TPSA) is 87.3 Å². The highest BCUT2D eigenvalue weighted by Gasteiger charge is 2.15. The Morgan fingerprint density at radius 1 is 0.718 bits per heavy atom. The van der Waals surface area contributed by atoms with Gasteiger partial charge in [-0.15, -0.1) is 11.8 Å². The summed E-state index contributed by atoms with van der Waals surface area (Å²) in [6.07, 6.45) is 1.63. The molecule has 4 aromatic rings. The molecule has 6 nitrogen and oxygen atoms in total. The highest BCUT2D eigenvalue weighted by molar-refractivity contribution is 8.00. The number of amides is 3. The molecule has 0 saturated heterocycles. The van der Waals surface area contributed by atoms with Crippen LogP contribution in [0.5, 0.6) is 0 Å². The van der Waals surface area contributed by atoms with E-state index in [-0.39, 0.29) is 23.3 Å². The van der Waals surface area contributed by atoms with Gasteiger partial charge in [-0.25, -0.2) is 0 Å². The second-order valence-electron chi connectivity index (χ2n) is 8.98. The van der Waals surface area contributed by atoms with Crippen LogP contribution in [0.25, 0.3) is 6.08 Å². The number of hydrogen-bond donors (Lipinski definition) is 3. The van der Waals surface area contributed by atoms with Crippen LogP contribution < -0.4 is 16.0 Å². The highest BCUT2D eigenvalue weighted by Crippen LogP contribution is 2.23. The molecule has 0 atom stereocenters. The summed E-state index contributed by atoms with van der Waals surface area (Å²) in [5.41, 5.74) is 4.82. The van der Waals surface area contributed by atoms with Crippen LogP contribution in [0.1, 0.15) is 27.0 Å². The van der Waals surface area contributed by atoms with Crippen molar-refractivity contribution in [2.24, 2.45) is 0 Å². The van der Waals surface area contributed by atoms with E-state index >= 15 is 0 Å². The van der Waals surface area contributed by atoms with Crippen molar-refractivity contribution in [1.29, 1.82) is 0 Å². The van der Waals surface area contributed by atoms with E-state index in [0.29, 0.717) is 11.3 Å². The summed E-state index contributed by atoms with van der Waals surface area (Å²) in [4.78, 5) is 39.4. The Bertz CT molecular complexity index is 1480. The third kappa shape index (κ3) is 8.45. The van der Waals surface area contributed by atoms with Gasteiger partial charge in [0.05, 0.1) is 5.75 Å². The molecule has 0 fully saturated rings. The molecule has 3 amide bonds. The van der Waals surface area contributed by atoms with E-state index in [9.17, 15) is 14.4 Å². The van der Waals surface area contributed by atoms with Crippen LogP contribution in [-0.4, -0.2) is 23.5 Å². The van der Waals surface area contributed by atoms with Gasteiger partial charge >= 0.3 is 0 Å². The molecule has 0 aliphatic carbocycles. The second-order valence-corrected chi connectivity index (χ2v) is 10.0. The molecule has 0 saturated carbocycles. The van der Waals surface area contributed by atoms with Crippen molar-refractivity contribution in [3.8, 4) is 0 Å². The molecule has 0 bridgehead atoms. The zero-order valence-electron chi connectivity index (χ0n) is 21.7. The summed E-state index contributed by atoms with van der Waals surface area (Å²) in [5.74, 6) is -0.738. The molecule has 196 valence electrons. The van der Waals surface area contributed by atoms with Gasteiger partial charge in [0.2, 0.25) is 5.91 Å². The molecule has 0 aromatic heterocycles. The Labute approximate surface area is 232 Å². The molecule has 4 aromatic carbocycles. The molecule has 0 heterocycles. The number of nitrogens with one attached hydrogen (secondary N) is 3. The lowest BCUT2D eigenvalue weighted by atomic mass is 10.1. The summed E-state index contributed by atoms with van der Waals surface area (Å²) < 4.78 is 0. The molecular formula is C32H29N3O3S. The zero-order valence-corrected chi connectivity index (χ0v) is 22.5. The molecule has 0 radical (unpaired) electrons. The van der Waals surface area contributed by atoms with Crippen molar-refractivity contribution in [2.45, 2.75) is 18.7 Å². The van der Waals surface area contributed by atoms with Gasteiger partial charge in [-0.05, 0) is 79.1 Å². The number of carbonyl (C=O) groups excluding carboxylic acids is 3. The molecule has 39 heavy (non-hydrogen) atoms. The van der Waals surface area contributed by atoms with Gasteiger partial charge in [-0.2, -0.15) is 0 Å². The predicted octanol–water partition coefficient (Wildman–Crippen LogP) is 6.44. The number of aryl methyl sites for hydroxylation is 2. The van der Waals surface area contributed by atoms with Crippen molar-refractivity contribution >= 4 is 46.9 Å². The average Bonchev–Trinajstić information content (AvgIpc) is 2.92. The number of rotatable bonds is 9. The fraction of sp³-hybridized carbons (Fsp3) is 0.0938. The minimum absolute atomic E-state index is 0.112. The SMILES string of the molecule is Cc1cc(C)cc(NC(=O)CSc2cccc(NC(=O)/C(=C/c3ccccc3)NC(=O)c3ccccc3)c2)c1. The summed E-state index contributed by atoms with van der Waals surface area (Å²) in [5, 5.41) is 8.54. The van der Waals surface area contributed by atoms with Crippen LogP contribution >= 0.6 is 11.8 Å². The standard InChI is InChI=1S/C32H29N3O3S/c1-22-16-23(2)18-27(17-22)33-30(36)21-39-28-15-9-14-26(20-28)34-32(38)29(19-24-10-5-3-6-11-24)35-31(37)25-12-7-4-8-13-25/h3-20H,21H2,1-2H3,(H,33,36)(H,34,38)(H,35,37)/b29-19-. The number of anilines is 2. The van der Waals surface area contributed by atoms with Gasteiger partial charge in [0, 0.05) is 21.8 Å². The van der Waals surface area contributed by atoms with Crippen LogP contribution in [0.15, 0.2) is 114 Å². The lowest BCUT2D eigenvalue weighted by Gasteiger charge is -2.12. The second kappa shape index (κ2) is 13.3. The maximum Gasteiger partial charge on any atom is 0.272 e. The lowest BCUT2D eigenvalue weighted by molar-refractivity contribution is -0.114. The average molecular weight is 536 g/mol. The van der Waals surface area contributed by atoms with Gasteiger partial charge in [0.15, 0.2) is 0 Å². The highest BCUT2D eigenvalue weighted by atomic mass is 32.2.